The topological polar surface area (TPSA) is 106 Å². The number of rotatable bonds is 10. The van der Waals surface area contributed by atoms with Crippen LogP contribution in [0, 0.1) is 0 Å². The highest BCUT2D eigenvalue weighted by molar-refractivity contribution is 5.95. The fourth-order valence-electron chi connectivity index (χ4n) is 4.13. The summed E-state index contributed by atoms with van der Waals surface area (Å²) in [6.07, 6.45) is -0.705. The number of nitrogens with zero attached hydrogens (tertiary/aromatic N) is 1. The van der Waals surface area contributed by atoms with Gasteiger partial charge in [-0.15, -0.1) is 0 Å². The van der Waals surface area contributed by atoms with Crippen molar-refractivity contribution in [1.82, 2.24) is 15.5 Å². The lowest BCUT2D eigenvalue weighted by Gasteiger charge is -2.47. The number of nitrogens with one attached hydrogen (secondary N) is 2. The van der Waals surface area contributed by atoms with E-state index in [2.05, 4.69) is 10.6 Å². The Kier molecular flexibility index (Phi) is 8.25. The fraction of sp³-hybridized carbons (Fsp3) is 0.250. The number of alkyl carbamates (subject to hydrolysis) is 1. The van der Waals surface area contributed by atoms with Crippen LogP contribution in [0.25, 0.3) is 0 Å². The average molecular weight is 504 g/mol. The second-order valence-corrected chi connectivity index (χ2v) is 8.47. The molecule has 3 amide bonds. The SMILES string of the molecule is COc1ccc(CN2C(=O)[C@H](NC(=O)OCc3ccccc3)[C@@H]2CNC(=O)c2ccccc2)c(OC)c1. The highest BCUT2D eigenvalue weighted by atomic mass is 16.5. The van der Waals surface area contributed by atoms with E-state index < -0.39 is 18.2 Å². The monoisotopic (exact) mass is 503 g/mol. The standard InChI is InChI=1S/C28H29N3O6/c1-35-22-14-13-21(24(15-22)36-2)17-31-23(16-29-26(32)20-11-7-4-8-12-20)25(27(31)33)30-28(34)37-18-19-9-5-3-6-10-19/h3-15,23,25H,16-18H2,1-2H3,(H,29,32)(H,30,34)/t23-,25+/m0/s1. The van der Waals surface area contributed by atoms with Gasteiger partial charge in [-0.05, 0) is 29.8 Å². The maximum Gasteiger partial charge on any atom is 0.408 e. The Morgan fingerprint density at radius 3 is 2.30 bits per heavy atom. The molecular formula is C28H29N3O6. The molecule has 1 aliphatic heterocycles. The smallest absolute Gasteiger partial charge is 0.408 e. The summed E-state index contributed by atoms with van der Waals surface area (Å²) in [6.45, 7) is 0.451. The molecule has 1 heterocycles. The summed E-state index contributed by atoms with van der Waals surface area (Å²) in [5.41, 5.74) is 2.10. The maximum absolute atomic E-state index is 13.1. The van der Waals surface area contributed by atoms with E-state index in [-0.39, 0.29) is 31.5 Å². The number of benzene rings is 3. The number of ether oxygens (including phenoxy) is 3. The summed E-state index contributed by atoms with van der Waals surface area (Å²) in [6, 6.07) is 22.0. The molecule has 1 saturated heterocycles. The van der Waals surface area contributed by atoms with Crippen LogP contribution >= 0.6 is 0 Å². The van der Waals surface area contributed by atoms with Gasteiger partial charge in [-0.2, -0.15) is 0 Å². The van der Waals surface area contributed by atoms with Gasteiger partial charge in [0.15, 0.2) is 0 Å². The molecule has 4 rings (SSSR count). The minimum atomic E-state index is -0.844. The summed E-state index contributed by atoms with van der Waals surface area (Å²) < 4.78 is 16.0. The van der Waals surface area contributed by atoms with Crippen LogP contribution in [0.15, 0.2) is 78.9 Å². The molecule has 37 heavy (non-hydrogen) atoms. The van der Waals surface area contributed by atoms with Gasteiger partial charge < -0.3 is 29.7 Å². The summed E-state index contributed by atoms with van der Waals surface area (Å²) >= 11 is 0. The molecule has 9 heteroatoms. The van der Waals surface area contributed by atoms with Crippen LogP contribution in [0.5, 0.6) is 11.5 Å². The van der Waals surface area contributed by atoms with Crippen LogP contribution in [-0.4, -0.2) is 55.7 Å². The number of likely N-dealkylation sites (tertiary alicyclic amines) is 1. The number of carbonyl (C=O) groups excluding carboxylic acids is 3. The Morgan fingerprint density at radius 1 is 0.919 bits per heavy atom. The molecular weight excluding hydrogens is 474 g/mol. The lowest BCUT2D eigenvalue weighted by Crippen LogP contribution is -2.72. The van der Waals surface area contributed by atoms with Gasteiger partial charge in [-0.3, -0.25) is 9.59 Å². The zero-order chi connectivity index (χ0) is 26.2. The van der Waals surface area contributed by atoms with Crippen molar-refractivity contribution in [3.63, 3.8) is 0 Å². The molecule has 0 bridgehead atoms. The van der Waals surface area contributed by atoms with Gasteiger partial charge in [-0.1, -0.05) is 48.5 Å². The summed E-state index contributed by atoms with van der Waals surface area (Å²) in [5, 5.41) is 5.53. The predicted octanol–water partition coefficient (Wildman–Crippen LogP) is 3.14. The zero-order valence-corrected chi connectivity index (χ0v) is 20.7. The third kappa shape index (κ3) is 6.19. The second kappa shape index (κ2) is 11.9. The lowest BCUT2D eigenvalue weighted by molar-refractivity contribution is -0.151. The van der Waals surface area contributed by atoms with Crippen molar-refractivity contribution in [2.45, 2.75) is 25.2 Å². The van der Waals surface area contributed by atoms with E-state index in [0.717, 1.165) is 11.1 Å². The Morgan fingerprint density at radius 2 is 1.62 bits per heavy atom. The third-order valence-corrected chi connectivity index (χ3v) is 6.16. The van der Waals surface area contributed by atoms with Crippen molar-refractivity contribution in [2.75, 3.05) is 20.8 Å². The summed E-state index contributed by atoms with van der Waals surface area (Å²) in [5.74, 6) is 0.640. The van der Waals surface area contributed by atoms with Crippen molar-refractivity contribution < 1.29 is 28.6 Å². The third-order valence-electron chi connectivity index (χ3n) is 6.16. The largest absolute Gasteiger partial charge is 0.497 e. The van der Waals surface area contributed by atoms with Crippen LogP contribution in [-0.2, 0) is 22.7 Å². The molecule has 3 aromatic carbocycles. The van der Waals surface area contributed by atoms with Crippen LogP contribution in [0.2, 0.25) is 0 Å². The van der Waals surface area contributed by atoms with E-state index in [4.69, 9.17) is 14.2 Å². The molecule has 0 saturated carbocycles. The molecule has 1 fully saturated rings. The highest BCUT2D eigenvalue weighted by Gasteiger charge is 2.48. The molecule has 2 N–H and O–H groups in total. The maximum atomic E-state index is 13.1. The molecule has 0 aromatic heterocycles. The molecule has 0 radical (unpaired) electrons. The van der Waals surface area contributed by atoms with Crippen molar-refractivity contribution in [1.29, 1.82) is 0 Å². The van der Waals surface area contributed by atoms with E-state index >= 15 is 0 Å². The van der Waals surface area contributed by atoms with Gasteiger partial charge in [0.25, 0.3) is 5.91 Å². The van der Waals surface area contributed by atoms with Crippen molar-refractivity contribution in [3.05, 3.63) is 95.6 Å². The summed E-state index contributed by atoms with van der Waals surface area (Å²) in [7, 11) is 3.10. The Balaban J connectivity index is 1.45. The van der Waals surface area contributed by atoms with E-state index in [9.17, 15) is 14.4 Å². The number of hydrogen-bond donors (Lipinski definition) is 2. The van der Waals surface area contributed by atoms with Gasteiger partial charge in [0.1, 0.15) is 24.1 Å². The van der Waals surface area contributed by atoms with Gasteiger partial charge >= 0.3 is 6.09 Å². The zero-order valence-electron chi connectivity index (χ0n) is 20.7. The Hall–Kier alpha value is -4.53. The molecule has 2 atom stereocenters. The van der Waals surface area contributed by atoms with E-state index in [1.807, 2.05) is 42.5 Å². The number of carbonyl (C=O) groups is 3. The molecule has 0 spiro atoms. The van der Waals surface area contributed by atoms with Gasteiger partial charge in [0, 0.05) is 30.3 Å². The quantitative estimate of drug-likeness (QED) is 0.412. The molecule has 9 nitrogen and oxygen atoms in total. The number of methoxy groups -OCH3 is 2. The molecule has 192 valence electrons. The minimum absolute atomic E-state index is 0.0791. The molecule has 0 unspecified atom stereocenters. The van der Waals surface area contributed by atoms with Crippen molar-refractivity contribution in [2.24, 2.45) is 0 Å². The first kappa shape index (κ1) is 25.6. The summed E-state index contributed by atoms with van der Waals surface area (Å²) in [4.78, 5) is 39.8. The number of β-lactam (4-membered cyclic amide) rings is 1. The Bertz CT molecular complexity index is 1240. The predicted molar refractivity (Wildman–Crippen MR) is 136 cm³/mol. The molecule has 1 aliphatic rings. The van der Waals surface area contributed by atoms with Crippen LogP contribution in [0.4, 0.5) is 4.79 Å². The normalized spacial score (nSPS) is 16.4. The highest BCUT2D eigenvalue weighted by Crippen LogP contribution is 2.30. The van der Waals surface area contributed by atoms with Crippen LogP contribution in [0.1, 0.15) is 21.5 Å². The first-order chi connectivity index (χ1) is 18.0. The number of amides is 3. The van der Waals surface area contributed by atoms with Crippen molar-refractivity contribution in [3.8, 4) is 11.5 Å². The average Bonchev–Trinajstić information content (AvgIpc) is 2.95. The Labute approximate surface area is 215 Å². The first-order valence-electron chi connectivity index (χ1n) is 11.8. The fourth-order valence-corrected chi connectivity index (χ4v) is 4.13. The minimum Gasteiger partial charge on any atom is -0.497 e. The van der Waals surface area contributed by atoms with Gasteiger partial charge in [0.05, 0.1) is 20.3 Å². The van der Waals surface area contributed by atoms with Gasteiger partial charge in [0.2, 0.25) is 5.91 Å². The van der Waals surface area contributed by atoms with Crippen LogP contribution < -0.4 is 20.1 Å². The van der Waals surface area contributed by atoms with Crippen LogP contribution in [0.3, 0.4) is 0 Å². The second-order valence-electron chi connectivity index (χ2n) is 8.47. The lowest BCUT2D eigenvalue weighted by atomic mass is 9.93. The van der Waals surface area contributed by atoms with E-state index in [1.165, 1.54) is 0 Å². The molecule has 3 aromatic rings. The number of hydrogen-bond acceptors (Lipinski definition) is 6. The van der Waals surface area contributed by atoms with E-state index in [1.54, 1.807) is 55.5 Å². The molecule has 0 aliphatic carbocycles. The van der Waals surface area contributed by atoms with E-state index in [0.29, 0.717) is 17.1 Å². The van der Waals surface area contributed by atoms with Crippen molar-refractivity contribution >= 4 is 17.9 Å². The van der Waals surface area contributed by atoms with Gasteiger partial charge in [-0.25, -0.2) is 4.79 Å². The first-order valence-corrected chi connectivity index (χ1v) is 11.8.